The van der Waals surface area contributed by atoms with Crippen LogP contribution < -0.4 is 5.32 Å². The highest BCUT2D eigenvalue weighted by atomic mass is 19.4. The molecule has 3 aromatic rings. The summed E-state index contributed by atoms with van der Waals surface area (Å²) >= 11 is 0. The van der Waals surface area contributed by atoms with E-state index in [0.29, 0.717) is 17.2 Å². The number of nitrogens with one attached hydrogen (secondary N) is 1. The van der Waals surface area contributed by atoms with E-state index in [4.69, 9.17) is 0 Å². The first-order valence-corrected chi connectivity index (χ1v) is 7.19. The molecule has 0 unspecified atom stereocenters. The zero-order valence-corrected chi connectivity index (χ0v) is 12.9. The van der Waals surface area contributed by atoms with Crippen LogP contribution in [0.3, 0.4) is 0 Å². The second-order valence-corrected chi connectivity index (χ2v) is 5.19. The maximum atomic E-state index is 13.0. The third-order valence-electron chi connectivity index (χ3n) is 3.45. The Kier molecular flexibility index (Phi) is 4.22. The van der Waals surface area contributed by atoms with E-state index in [1.165, 1.54) is 16.8 Å². The summed E-state index contributed by atoms with van der Waals surface area (Å²) in [5.74, 6) is -0.315. The number of carbonyl (C=O) groups excluding carboxylic acids is 1. The quantitative estimate of drug-likeness (QED) is 0.789. The number of aryl methyl sites for hydroxylation is 1. The predicted molar refractivity (Wildman–Crippen MR) is 83.3 cm³/mol. The topological polar surface area (TPSA) is 72.7 Å². The van der Waals surface area contributed by atoms with Gasteiger partial charge in [-0.3, -0.25) is 4.79 Å². The van der Waals surface area contributed by atoms with Gasteiger partial charge in [0.2, 0.25) is 0 Å². The molecule has 0 bridgehead atoms. The Morgan fingerprint density at radius 3 is 2.56 bits per heavy atom. The standard InChI is InChI=1S/C16H12F3N5O/c1-10-21-22-23-24(10)12-6-4-5-11(9-12)20-15(25)13-7-2-3-8-14(13)16(17,18)19/h2-9H,1H3,(H,20,25). The number of nitrogens with zero attached hydrogens (tertiary/aromatic N) is 4. The fraction of sp³-hybridized carbons (Fsp3) is 0.125. The molecule has 25 heavy (non-hydrogen) atoms. The lowest BCUT2D eigenvalue weighted by Gasteiger charge is -2.13. The van der Waals surface area contributed by atoms with Crippen LogP contribution in [0.4, 0.5) is 18.9 Å². The van der Waals surface area contributed by atoms with Crippen molar-refractivity contribution in [3.05, 3.63) is 65.5 Å². The van der Waals surface area contributed by atoms with Gasteiger partial charge < -0.3 is 5.32 Å². The van der Waals surface area contributed by atoms with E-state index in [0.717, 1.165) is 12.1 Å². The van der Waals surface area contributed by atoms with Gasteiger partial charge in [0, 0.05) is 5.69 Å². The van der Waals surface area contributed by atoms with Crippen LogP contribution in [-0.2, 0) is 6.18 Å². The molecule has 0 fully saturated rings. The molecule has 0 saturated carbocycles. The van der Waals surface area contributed by atoms with Crippen LogP contribution >= 0.6 is 0 Å². The maximum absolute atomic E-state index is 13.0. The maximum Gasteiger partial charge on any atom is 0.417 e. The lowest BCUT2D eigenvalue weighted by atomic mass is 10.1. The van der Waals surface area contributed by atoms with Crippen LogP contribution in [0.5, 0.6) is 0 Å². The number of tetrazole rings is 1. The Bertz CT molecular complexity index is 920. The van der Waals surface area contributed by atoms with Crippen molar-refractivity contribution in [2.75, 3.05) is 5.32 Å². The zero-order chi connectivity index (χ0) is 18.0. The van der Waals surface area contributed by atoms with Gasteiger partial charge >= 0.3 is 6.18 Å². The van der Waals surface area contributed by atoms with Crippen LogP contribution in [0.1, 0.15) is 21.7 Å². The largest absolute Gasteiger partial charge is 0.417 e. The Balaban J connectivity index is 1.89. The molecule has 128 valence electrons. The monoisotopic (exact) mass is 347 g/mol. The number of benzene rings is 2. The third kappa shape index (κ3) is 3.49. The van der Waals surface area contributed by atoms with Gasteiger partial charge in [-0.25, -0.2) is 0 Å². The van der Waals surface area contributed by atoms with Crippen LogP contribution in [0.2, 0.25) is 0 Å². The number of rotatable bonds is 3. The molecular formula is C16H12F3N5O. The lowest BCUT2D eigenvalue weighted by Crippen LogP contribution is -2.18. The highest BCUT2D eigenvalue weighted by Crippen LogP contribution is 2.32. The Hall–Kier alpha value is -3.23. The average molecular weight is 347 g/mol. The van der Waals surface area contributed by atoms with Gasteiger partial charge in [0.25, 0.3) is 5.91 Å². The second-order valence-electron chi connectivity index (χ2n) is 5.19. The molecule has 0 aliphatic heterocycles. The molecule has 1 aromatic heterocycles. The summed E-state index contributed by atoms with van der Waals surface area (Å²) < 4.78 is 40.6. The second kappa shape index (κ2) is 6.34. The van der Waals surface area contributed by atoms with Gasteiger partial charge in [0.05, 0.1) is 16.8 Å². The Morgan fingerprint density at radius 1 is 1.12 bits per heavy atom. The smallest absolute Gasteiger partial charge is 0.322 e. The van der Waals surface area contributed by atoms with Crippen LogP contribution in [0.15, 0.2) is 48.5 Å². The number of aromatic nitrogens is 4. The summed E-state index contributed by atoms with van der Waals surface area (Å²) in [6.07, 6.45) is -4.61. The molecule has 0 radical (unpaired) electrons. The Morgan fingerprint density at radius 2 is 1.88 bits per heavy atom. The highest BCUT2D eigenvalue weighted by molar-refractivity contribution is 6.05. The van der Waals surface area contributed by atoms with Crippen LogP contribution in [0, 0.1) is 6.92 Å². The third-order valence-corrected chi connectivity index (χ3v) is 3.45. The molecule has 1 amide bonds. The fourth-order valence-corrected chi connectivity index (χ4v) is 2.31. The normalized spacial score (nSPS) is 11.4. The molecule has 3 rings (SSSR count). The van der Waals surface area contributed by atoms with Crippen molar-refractivity contribution in [1.82, 2.24) is 20.2 Å². The van der Waals surface area contributed by atoms with Gasteiger partial charge in [-0.05, 0) is 47.7 Å². The van der Waals surface area contributed by atoms with Gasteiger partial charge in [-0.1, -0.05) is 18.2 Å². The van der Waals surface area contributed by atoms with E-state index < -0.39 is 23.2 Å². The minimum Gasteiger partial charge on any atom is -0.322 e. The summed E-state index contributed by atoms with van der Waals surface area (Å²) in [6, 6.07) is 11.1. The van der Waals surface area contributed by atoms with E-state index in [-0.39, 0.29) is 0 Å². The van der Waals surface area contributed by atoms with E-state index in [2.05, 4.69) is 20.8 Å². The molecule has 1 heterocycles. The summed E-state index contributed by atoms with van der Waals surface area (Å²) in [6.45, 7) is 1.70. The van der Waals surface area contributed by atoms with Crippen molar-refractivity contribution in [3.8, 4) is 5.69 Å². The molecule has 6 nitrogen and oxygen atoms in total. The first kappa shape index (κ1) is 16.6. The number of carbonyl (C=O) groups is 1. The molecule has 0 spiro atoms. The molecule has 0 aliphatic carbocycles. The van der Waals surface area contributed by atoms with Gasteiger partial charge in [-0.2, -0.15) is 17.9 Å². The lowest BCUT2D eigenvalue weighted by molar-refractivity contribution is -0.137. The van der Waals surface area contributed by atoms with E-state index in [1.54, 1.807) is 31.2 Å². The van der Waals surface area contributed by atoms with Crippen molar-refractivity contribution in [1.29, 1.82) is 0 Å². The van der Waals surface area contributed by atoms with Gasteiger partial charge in [-0.15, -0.1) is 5.10 Å². The number of hydrogen-bond donors (Lipinski definition) is 1. The summed E-state index contributed by atoms with van der Waals surface area (Å²) in [4.78, 5) is 12.3. The summed E-state index contributed by atoms with van der Waals surface area (Å²) in [7, 11) is 0. The molecule has 0 atom stereocenters. The number of alkyl halides is 3. The minimum atomic E-state index is -4.61. The molecule has 2 aromatic carbocycles. The molecule has 0 saturated heterocycles. The molecule has 1 N–H and O–H groups in total. The van der Waals surface area contributed by atoms with Crippen molar-refractivity contribution in [3.63, 3.8) is 0 Å². The fourth-order valence-electron chi connectivity index (χ4n) is 2.31. The Labute approximate surface area is 140 Å². The number of anilines is 1. The molecular weight excluding hydrogens is 335 g/mol. The highest BCUT2D eigenvalue weighted by Gasteiger charge is 2.34. The summed E-state index contributed by atoms with van der Waals surface area (Å²) in [5, 5.41) is 13.6. The van der Waals surface area contributed by atoms with Crippen LogP contribution in [-0.4, -0.2) is 26.1 Å². The van der Waals surface area contributed by atoms with Gasteiger partial charge in [0.15, 0.2) is 5.82 Å². The first-order valence-electron chi connectivity index (χ1n) is 7.19. The van der Waals surface area contributed by atoms with Crippen LogP contribution in [0.25, 0.3) is 5.69 Å². The van der Waals surface area contributed by atoms with Crippen molar-refractivity contribution in [2.45, 2.75) is 13.1 Å². The predicted octanol–water partition coefficient (Wildman–Crippen LogP) is 3.24. The summed E-state index contributed by atoms with van der Waals surface area (Å²) in [5.41, 5.74) is -0.530. The number of halogens is 3. The van der Waals surface area contributed by atoms with Crippen molar-refractivity contribution in [2.24, 2.45) is 0 Å². The minimum absolute atomic E-state index is 0.328. The van der Waals surface area contributed by atoms with E-state index in [1.807, 2.05) is 0 Å². The van der Waals surface area contributed by atoms with Gasteiger partial charge in [0.1, 0.15) is 0 Å². The van der Waals surface area contributed by atoms with Crippen molar-refractivity contribution < 1.29 is 18.0 Å². The van der Waals surface area contributed by atoms with Crippen molar-refractivity contribution >= 4 is 11.6 Å². The zero-order valence-electron chi connectivity index (χ0n) is 12.9. The molecule has 9 heteroatoms. The SMILES string of the molecule is Cc1nnnn1-c1cccc(NC(=O)c2ccccc2C(F)(F)F)c1. The first-order chi connectivity index (χ1) is 11.9. The average Bonchev–Trinajstić information content (AvgIpc) is 3.00. The van der Waals surface area contributed by atoms with E-state index >= 15 is 0 Å². The molecule has 0 aliphatic rings. The number of amides is 1. The van der Waals surface area contributed by atoms with E-state index in [9.17, 15) is 18.0 Å². The number of hydrogen-bond acceptors (Lipinski definition) is 4.